The number of halogens is 1. The van der Waals surface area contributed by atoms with Gasteiger partial charge in [-0.15, -0.1) is 0 Å². The zero-order valence-electron chi connectivity index (χ0n) is 12.8. The Morgan fingerprint density at radius 1 is 1.04 bits per heavy atom. The van der Waals surface area contributed by atoms with Crippen LogP contribution in [-0.4, -0.2) is 4.98 Å². The zero-order chi connectivity index (χ0) is 15.8. The molecule has 1 aliphatic rings. The van der Waals surface area contributed by atoms with E-state index in [0.29, 0.717) is 5.89 Å². The van der Waals surface area contributed by atoms with Gasteiger partial charge in [0.05, 0.1) is 0 Å². The first kappa shape index (κ1) is 14.3. The summed E-state index contributed by atoms with van der Waals surface area (Å²) in [5.41, 5.74) is 4.52. The Labute approximate surface area is 140 Å². The van der Waals surface area contributed by atoms with Gasteiger partial charge in [0.25, 0.3) is 0 Å². The Hall–Kier alpha value is -2.32. The van der Waals surface area contributed by atoms with Crippen molar-refractivity contribution >= 4 is 17.2 Å². The number of rotatable bonds is 2. The van der Waals surface area contributed by atoms with Crippen molar-refractivity contribution in [2.75, 3.05) is 0 Å². The number of fused-ring (bicyclic) bond motifs is 1. The molecule has 3 heteroatoms. The van der Waals surface area contributed by atoms with Crippen molar-refractivity contribution in [2.45, 2.75) is 19.3 Å². The summed E-state index contributed by atoms with van der Waals surface area (Å²) in [4.78, 5) is 4.60. The number of oxazole rings is 1. The number of benzene rings is 2. The highest BCUT2D eigenvalue weighted by Gasteiger charge is 2.26. The first-order valence-corrected chi connectivity index (χ1v) is 8.08. The fourth-order valence-electron chi connectivity index (χ4n) is 3.13. The van der Waals surface area contributed by atoms with Crippen LogP contribution in [0.2, 0.25) is 5.02 Å². The minimum Gasteiger partial charge on any atom is -0.445 e. The molecule has 0 radical (unpaired) electrons. The molecule has 1 heterocycles. The van der Waals surface area contributed by atoms with Crippen LogP contribution < -0.4 is 0 Å². The van der Waals surface area contributed by atoms with Crippen molar-refractivity contribution in [3.63, 3.8) is 0 Å². The van der Waals surface area contributed by atoms with E-state index in [9.17, 15) is 0 Å². The summed E-state index contributed by atoms with van der Waals surface area (Å²) in [6.07, 6.45) is 3.12. The van der Waals surface area contributed by atoms with Crippen LogP contribution in [0, 0.1) is 6.92 Å². The first-order valence-electron chi connectivity index (χ1n) is 7.70. The molecule has 4 rings (SSSR count). The summed E-state index contributed by atoms with van der Waals surface area (Å²) in [5, 5.41) is 0.757. The van der Waals surface area contributed by atoms with Crippen LogP contribution in [0.1, 0.15) is 34.4 Å². The van der Waals surface area contributed by atoms with Crippen molar-refractivity contribution < 1.29 is 4.42 Å². The molecule has 23 heavy (non-hydrogen) atoms. The minimum absolute atomic E-state index is 0.266. The standard InChI is InChI=1S/C20H16ClNO/c1-13-22-20-18(15-5-3-2-4-6-15)11-16(12-19(20)23-13)14-7-9-17(21)10-8-14/h2-11,16H,12H2,1H3. The van der Waals surface area contributed by atoms with Crippen LogP contribution in [0.4, 0.5) is 0 Å². The number of aromatic nitrogens is 1. The number of hydrogen-bond donors (Lipinski definition) is 0. The highest BCUT2D eigenvalue weighted by Crippen LogP contribution is 2.38. The predicted octanol–water partition coefficient (Wildman–Crippen LogP) is 5.41. The van der Waals surface area contributed by atoms with Gasteiger partial charge in [-0.2, -0.15) is 0 Å². The van der Waals surface area contributed by atoms with E-state index in [1.165, 1.54) is 11.1 Å². The van der Waals surface area contributed by atoms with E-state index in [1.54, 1.807) is 0 Å². The van der Waals surface area contributed by atoms with Gasteiger partial charge in [0.1, 0.15) is 11.5 Å². The SMILES string of the molecule is Cc1nc2c(o1)CC(c1ccc(Cl)cc1)C=C2c1ccccc1. The summed E-state index contributed by atoms with van der Waals surface area (Å²) in [6, 6.07) is 18.4. The summed E-state index contributed by atoms with van der Waals surface area (Å²) in [7, 11) is 0. The molecule has 0 amide bonds. The van der Waals surface area contributed by atoms with E-state index in [2.05, 4.69) is 47.5 Å². The molecule has 1 atom stereocenters. The van der Waals surface area contributed by atoms with E-state index < -0.39 is 0 Å². The fraction of sp³-hybridized carbons (Fsp3) is 0.150. The number of nitrogens with zero attached hydrogens (tertiary/aromatic N) is 1. The molecule has 114 valence electrons. The number of allylic oxidation sites excluding steroid dienone is 1. The van der Waals surface area contributed by atoms with Crippen molar-refractivity contribution in [1.82, 2.24) is 4.98 Å². The molecule has 1 aromatic heterocycles. The molecule has 0 spiro atoms. The largest absolute Gasteiger partial charge is 0.445 e. The average Bonchev–Trinajstić information content (AvgIpc) is 2.95. The molecule has 0 saturated heterocycles. The van der Waals surface area contributed by atoms with Crippen LogP contribution in [-0.2, 0) is 6.42 Å². The molecule has 2 nitrogen and oxygen atoms in total. The molecule has 0 aliphatic heterocycles. The Morgan fingerprint density at radius 3 is 2.52 bits per heavy atom. The highest BCUT2D eigenvalue weighted by molar-refractivity contribution is 6.30. The second kappa shape index (κ2) is 5.71. The average molecular weight is 322 g/mol. The summed E-state index contributed by atoms with van der Waals surface area (Å²) < 4.78 is 5.86. The molecule has 0 saturated carbocycles. The van der Waals surface area contributed by atoms with Gasteiger partial charge >= 0.3 is 0 Å². The summed E-state index contributed by atoms with van der Waals surface area (Å²) in [6.45, 7) is 1.90. The first-order chi connectivity index (χ1) is 11.2. The third-order valence-corrected chi connectivity index (χ3v) is 4.47. The fourth-order valence-corrected chi connectivity index (χ4v) is 3.26. The molecular weight excluding hydrogens is 306 g/mol. The second-order valence-corrected chi connectivity index (χ2v) is 6.25. The van der Waals surface area contributed by atoms with Crippen LogP contribution >= 0.6 is 11.6 Å². The molecule has 0 bridgehead atoms. The molecular formula is C20H16ClNO. The Bertz CT molecular complexity index is 862. The molecule has 0 fully saturated rings. The van der Waals surface area contributed by atoms with Gasteiger partial charge < -0.3 is 4.42 Å². The maximum atomic E-state index is 6.02. The van der Waals surface area contributed by atoms with Crippen LogP contribution in [0.3, 0.4) is 0 Å². The van der Waals surface area contributed by atoms with Gasteiger partial charge in [0.15, 0.2) is 5.89 Å². The Morgan fingerprint density at radius 2 is 1.78 bits per heavy atom. The van der Waals surface area contributed by atoms with E-state index >= 15 is 0 Å². The summed E-state index contributed by atoms with van der Waals surface area (Å²) >= 11 is 6.02. The quantitative estimate of drug-likeness (QED) is 0.631. The van der Waals surface area contributed by atoms with Crippen molar-refractivity contribution in [1.29, 1.82) is 0 Å². The van der Waals surface area contributed by atoms with Crippen LogP contribution in [0.15, 0.2) is 65.1 Å². The monoisotopic (exact) mass is 321 g/mol. The lowest BCUT2D eigenvalue weighted by Crippen LogP contribution is -2.08. The van der Waals surface area contributed by atoms with E-state index in [1.807, 2.05) is 25.1 Å². The van der Waals surface area contributed by atoms with Gasteiger partial charge in [0, 0.05) is 29.9 Å². The third-order valence-electron chi connectivity index (χ3n) is 4.22. The Balaban J connectivity index is 1.83. The summed E-state index contributed by atoms with van der Waals surface area (Å²) in [5.74, 6) is 1.94. The number of aryl methyl sites for hydroxylation is 1. The lowest BCUT2D eigenvalue weighted by atomic mass is 9.84. The molecule has 3 aromatic rings. The van der Waals surface area contributed by atoms with Crippen molar-refractivity contribution in [3.05, 3.63) is 94.2 Å². The topological polar surface area (TPSA) is 26.0 Å². The van der Waals surface area contributed by atoms with Gasteiger partial charge in [-0.1, -0.05) is 60.1 Å². The van der Waals surface area contributed by atoms with Gasteiger partial charge in [-0.25, -0.2) is 4.98 Å². The second-order valence-electron chi connectivity index (χ2n) is 5.81. The van der Waals surface area contributed by atoms with Gasteiger partial charge in [0.2, 0.25) is 0 Å². The van der Waals surface area contributed by atoms with Crippen LogP contribution in [0.25, 0.3) is 5.57 Å². The maximum absolute atomic E-state index is 6.02. The van der Waals surface area contributed by atoms with Gasteiger partial charge in [-0.05, 0) is 23.3 Å². The molecule has 1 unspecified atom stereocenters. The molecule has 2 aromatic carbocycles. The predicted molar refractivity (Wildman–Crippen MR) is 92.7 cm³/mol. The van der Waals surface area contributed by atoms with Crippen LogP contribution in [0.5, 0.6) is 0 Å². The van der Waals surface area contributed by atoms with Gasteiger partial charge in [-0.3, -0.25) is 0 Å². The lowest BCUT2D eigenvalue weighted by Gasteiger charge is -2.20. The zero-order valence-corrected chi connectivity index (χ0v) is 13.5. The highest BCUT2D eigenvalue weighted by atomic mass is 35.5. The molecule has 0 N–H and O–H groups in total. The van der Waals surface area contributed by atoms with E-state index in [-0.39, 0.29) is 5.92 Å². The lowest BCUT2D eigenvalue weighted by molar-refractivity contribution is 0.466. The maximum Gasteiger partial charge on any atom is 0.191 e. The normalized spacial score (nSPS) is 16.8. The Kier molecular flexibility index (Phi) is 3.55. The third kappa shape index (κ3) is 2.71. The van der Waals surface area contributed by atoms with E-state index in [0.717, 1.165) is 28.5 Å². The molecule has 1 aliphatic carbocycles. The smallest absolute Gasteiger partial charge is 0.191 e. The van der Waals surface area contributed by atoms with Crippen molar-refractivity contribution in [2.24, 2.45) is 0 Å². The van der Waals surface area contributed by atoms with E-state index in [4.69, 9.17) is 16.0 Å². The number of hydrogen-bond acceptors (Lipinski definition) is 2. The minimum atomic E-state index is 0.266. The van der Waals surface area contributed by atoms with Crippen molar-refractivity contribution in [3.8, 4) is 0 Å².